The normalized spacial score (nSPS) is 15.3. The molecule has 1 unspecified atom stereocenters. The van der Waals surface area contributed by atoms with E-state index in [2.05, 4.69) is 5.43 Å². The quantitative estimate of drug-likeness (QED) is 0.495. The molecule has 1 aromatic carbocycles. The molecule has 2 amide bonds. The van der Waals surface area contributed by atoms with E-state index in [0.29, 0.717) is 25.3 Å². The number of hydrogen-bond donors (Lipinski definition) is 2. The summed E-state index contributed by atoms with van der Waals surface area (Å²) < 4.78 is 9.57. The number of nitrogens with zero attached hydrogens (tertiary/aromatic N) is 1. The van der Waals surface area contributed by atoms with Crippen LogP contribution in [0.1, 0.15) is 47.0 Å². The number of nitrogens with one attached hydrogen (secondary N) is 1. The van der Waals surface area contributed by atoms with Crippen molar-refractivity contribution in [2.45, 2.75) is 47.0 Å². The minimum atomic E-state index is -0.518. The minimum Gasteiger partial charge on any atom is -0.394 e. The summed E-state index contributed by atoms with van der Waals surface area (Å²) in [7, 11) is 0. The Morgan fingerprint density at radius 2 is 1.61 bits per heavy atom. The van der Waals surface area contributed by atoms with E-state index in [0.717, 1.165) is 26.1 Å². The SMILES string of the molecule is CCCCC1C(=O)NN(c2ccccc2)C1=O.CCOCC.CCOCCO. The third-order valence-electron chi connectivity index (χ3n) is 3.77. The molecular weight excluding hydrogens is 360 g/mol. The second kappa shape index (κ2) is 17.2. The van der Waals surface area contributed by atoms with Crippen molar-refractivity contribution in [2.24, 2.45) is 5.92 Å². The van der Waals surface area contributed by atoms with Crippen LogP contribution in [0.25, 0.3) is 0 Å². The lowest BCUT2D eigenvalue weighted by Gasteiger charge is -2.14. The zero-order valence-electron chi connectivity index (χ0n) is 17.6. The van der Waals surface area contributed by atoms with Gasteiger partial charge in [-0.05, 0) is 39.3 Å². The Morgan fingerprint density at radius 3 is 2.04 bits per heavy atom. The van der Waals surface area contributed by atoms with E-state index in [9.17, 15) is 9.59 Å². The van der Waals surface area contributed by atoms with Crippen LogP contribution in [-0.2, 0) is 19.1 Å². The van der Waals surface area contributed by atoms with Gasteiger partial charge in [-0.3, -0.25) is 15.0 Å². The molecule has 1 heterocycles. The highest BCUT2D eigenvalue weighted by Crippen LogP contribution is 2.22. The molecule has 28 heavy (non-hydrogen) atoms. The van der Waals surface area contributed by atoms with Gasteiger partial charge in [0.25, 0.3) is 11.8 Å². The third kappa shape index (κ3) is 10.4. The van der Waals surface area contributed by atoms with Crippen LogP contribution in [0.4, 0.5) is 5.69 Å². The molecule has 1 aromatic rings. The van der Waals surface area contributed by atoms with E-state index in [-0.39, 0.29) is 18.4 Å². The average molecular weight is 397 g/mol. The molecule has 0 radical (unpaired) electrons. The molecule has 1 fully saturated rings. The van der Waals surface area contributed by atoms with Crippen LogP contribution in [0.2, 0.25) is 0 Å². The number of aliphatic hydroxyl groups is 1. The van der Waals surface area contributed by atoms with Gasteiger partial charge in [-0.2, -0.15) is 0 Å². The molecule has 7 nitrogen and oxygen atoms in total. The molecule has 7 heteroatoms. The molecule has 2 rings (SSSR count). The first-order chi connectivity index (χ1) is 13.6. The van der Waals surface area contributed by atoms with Crippen molar-refractivity contribution in [3.05, 3.63) is 30.3 Å². The third-order valence-corrected chi connectivity index (χ3v) is 3.77. The maximum atomic E-state index is 12.1. The first-order valence-corrected chi connectivity index (χ1v) is 10.0. The second-order valence-corrected chi connectivity index (χ2v) is 5.88. The van der Waals surface area contributed by atoms with E-state index >= 15 is 0 Å². The van der Waals surface area contributed by atoms with Crippen molar-refractivity contribution in [2.75, 3.05) is 38.0 Å². The molecule has 1 saturated heterocycles. The largest absolute Gasteiger partial charge is 0.394 e. The lowest BCUT2D eigenvalue weighted by atomic mass is 10.0. The van der Waals surface area contributed by atoms with Crippen molar-refractivity contribution in [1.82, 2.24) is 5.43 Å². The van der Waals surface area contributed by atoms with Gasteiger partial charge in [0.05, 0.1) is 18.9 Å². The lowest BCUT2D eigenvalue weighted by molar-refractivity contribution is -0.127. The number of hydrogen-bond acceptors (Lipinski definition) is 5. The number of benzene rings is 1. The topological polar surface area (TPSA) is 88.1 Å². The van der Waals surface area contributed by atoms with Crippen molar-refractivity contribution in [1.29, 1.82) is 0 Å². The number of anilines is 1. The number of carbonyl (C=O) groups excluding carboxylic acids is 2. The minimum absolute atomic E-state index is 0.133. The number of aliphatic hydroxyl groups excluding tert-OH is 1. The van der Waals surface area contributed by atoms with Crippen LogP contribution in [0.5, 0.6) is 0 Å². The van der Waals surface area contributed by atoms with E-state index < -0.39 is 5.92 Å². The summed E-state index contributed by atoms with van der Waals surface area (Å²) in [6, 6.07) is 9.17. The maximum Gasteiger partial charge on any atom is 0.258 e. The summed E-state index contributed by atoms with van der Waals surface area (Å²) in [6.07, 6.45) is 2.51. The van der Waals surface area contributed by atoms with E-state index in [1.807, 2.05) is 45.9 Å². The number of hydrazine groups is 1. The number of ether oxygens (including phenoxy) is 2. The Balaban J connectivity index is 0.000000550. The van der Waals surface area contributed by atoms with E-state index in [1.165, 1.54) is 5.01 Å². The zero-order valence-corrected chi connectivity index (χ0v) is 17.6. The van der Waals surface area contributed by atoms with Gasteiger partial charge in [0.1, 0.15) is 5.92 Å². The fourth-order valence-electron chi connectivity index (χ4n) is 2.36. The van der Waals surface area contributed by atoms with Crippen molar-refractivity contribution in [3.63, 3.8) is 0 Å². The molecule has 1 atom stereocenters. The van der Waals surface area contributed by atoms with Gasteiger partial charge in [-0.25, -0.2) is 5.01 Å². The number of unbranched alkanes of at least 4 members (excludes halogenated alkanes) is 1. The number of carbonyl (C=O) groups is 2. The lowest BCUT2D eigenvalue weighted by Crippen LogP contribution is -2.35. The van der Waals surface area contributed by atoms with Gasteiger partial charge in [0.2, 0.25) is 0 Å². The highest BCUT2D eigenvalue weighted by molar-refractivity contribution is 6.14. The van der Waals surface area contributed by atoms with Crippen molar-refractivity contribution < 1.29 is 24.2 Å². The molecule has 0 bridgehead atoms. The molecule has 0 aliphatic carbocycles. The van der Waals surface area contributed by atoms with Gasteiger partial charge in [0.15, 0.2) is 0 Å². The zero-order chi connectivity index (χ0) is 21.2. The Labute approximate surface area is 169 Å². The Kier molecular flexibility index (Phi) is 16.0. The predicted molar refractivity (Wildman–Crippen MR) is 111 cm³/mol. The van der Waals surface area contributed by atoms with Gasteiger partial charge in [0, 0.05) is 19.8 Å². The summed E-state index contributed by atoms with van der Waals surface area (Å²) in [6.45, 7) is 10.9. The average Bonchev–Trinajstić information content (AvgIpc) is 3.00. The highest BCUT2D eigenvalue weighted by atomic mass is 16.5. The molecular formula is C21H36N2O5. The summed E-state index contributed by atoms with van der Waals surface area (Å²) >= 11 is 0. The molecule has 0 spiro atoms. The Hall–Kier alpha value is -1.96. The van der Waals surface area contributed by atoms with Gasteiger partial charge >= 0.3 is 0 Å². The van der Waals surface area contributed by atoms with Crippen LogP contribution >= 0.6 is 0 Å². The van der Waals surface area contributed by atoms with Gasteiger partial charge < -0.3 is 14.6 Å². The molecule has 0 saturated carbocycles. The number of para-hydroxylation sites is 1. The fourth-order valence-corrected chi connectivity index (χ4v) is 2.36. The van der Waals surface area contributed by atoms with Crippen LogP contribution in [0, 0.1) is 5.92 Å². The van der Waals surface area contributed by atoms with Crippen LogP contribution in [0.15, 0.2) is 30.3 Å². The van der Waals surface area contributed by atoms with Crippen LogP contribution in [-0.4, -0.2) is 50.0 Å². The summed E-state index contributed by atoms with van der Waals surface area (Å²) in [5.74, 6) is -0.850. The summed E-state index contributed by atoms with van der Waals surface area (Å²) in [4.78, 5) is 23.8. The predicted octanol–water partition coefficient (Wildman–Crippen LogP) is 2.93. The first kappa shape index (κ1) is 26.0. The first-order valence-electron chi connectivity index (χ1n) is 10.0. The van der Waals surface area contributed by atoms with Crippen LogP contribution in [0.3, 0.4) is 0 Å². The molecule has 1 aliphatic heterocycles. The highest BCUT2D eigenvalue weighted by Gasteiger charge is 2.39. The standard InChI is InChI=1S/C13H16N2O2.C4H10O2.C4H10O/c1-2-3-9-11-12(16)14-15(13(11)17)10-7-5-4-6-8-10;1-2-6-4-3-5;1-3-5-4-2/h4-8,11H,2-3,9H2,1H3,(H,14,16);5H,2-4H2,1H3;3-4H2,1-2H3. The Bertz CT molecular complexity index is 519. The smallest absolute Gasteiger partial charge is 0.258 e. The molecule has 0 aromatic heterocycles. The van der Waals surface area contributed by atoms with Gasteiger partial charge in [-0.1, -0.05) is 38.0 Å². The fraction of sp³-hybridized carbons (Fsp3) is 0.619. The number of rotatable bonds is 9. The Morgan fingerprint density at radius 1 is 1.00 bits per heavy atom. The number of amides is 2. The molecule has 160 valence electrons. The van der Waals surface area contributed by atoms with Gasteiger partial charge in [-0.15, -0.1) is 0 Å². The maximum absolute atomic E-state index is 12.1. The molecule has 1 aliphatic rings. The summed E-state index contributed by atoms with van der Waals surface area (Å²) in [5, 5.41) is 9.42. The van der Waals surface area contributed by atoms with Crippen LogP contribution < -0.4 is 10.4 Å². The monoisotopic (exact) mass is 396 g/mol. The van der Waals surface area contributed by atoms with Crippen molar-refractivity contribution >= 4 is 17.5 Å². The molecule has 2 N–H and O–H groups in total. The van der Waals surface area contributed by atoms with E-state index in [1.54, 1.807) is 12.1 Å². The second-order valence-electron chi connectivity index (χ2n) is 5.88. The summed E-state index contributed by atoms with van der Waals surface area (Å²) in [5.41, 5.74) is 3.34. The van der Waals surface area contributed by atoms with E-state index in [4.69, 9.17) is 14.6 Å². The van der Waals surface area contributed by atoms with Crippen molar-refractivity contribution in [3.8, 4) is 0 Å².